The molecule has 2 atom stereocenters. The van der Waals surface area contributed by atoms with Crippen LogP contribution < -0.4 is 5.73 Å². The SMILES string of the molecule is COC(CN)CC(=O)N(CC1CCCO1)C1CCC(C)CC1. The zero-order valence-corrected chi connectivity index (χ0v) is 14.1. The Hall–Kier alpha value is -0.650. The van der Waals surface area contributed by atoms with E-state index in [0.717, 1.165) is 44.8 Å². The van der Waals surface area contributed by atoms with Crippen LogP contribution in [-0.4, -0.2) is 55.9 Å². The lowest BCUT2D eigenvalue weighted by molar-refractivity contribution is -0.138. The Morgan fingerprint density at radius 2 is 2.05 bits per heavy atom. The normalized spacial score (nSPS) is 30.2. The van der Waals surface area contributed by atoms with Gasteiger partial charge >= 0.3 is 0 Å². The lowest BCUT2D eigenvalue weighted by Gasteiger charge is -2.38. The molecule has 0 aromatic carbocycles. The van der Waals surface area contributed by atoms with Gasteiger partial charge in [-0.3, -0.25) is 4.79 Å². The number of rotatable bonds is 7. The van der Waals surface area contributed by atoms with Gasteiger partial charge in [-0.2, -0.15) is 0 Å². The molecule has 0 bridgehead atoms. The molecule has 0 radical (unpaired) electrons. The summed E-state index contributed by atoms with van der Waals surface area (Å²) in [4.78, 5) is 14.8. The molecule has 1 aliphatic heterocycles. The molecule has 2 rings (SSSR count). The van der Waals surface area contributed by atoms with Crippen molar-refractivity contribution in [2.24, 2.45) is 11.7 Å². The molecule has 5 nitrogen and oxygen atoms in total. The van der Waals surface area contributed by atoms with Gasteiger partial charge in [0.15, 0.2) is 0 Å². The molecule has 2 fully saturated rings. The summed E-state index contributed by atoms with van der Waals surface area (Å²) in [5, 5.41) is 0. The van der Waals surface area contributed by atoms with Crippen LogP contribution in [0.5, 0.6) is 0 Å². The molecule has 0 spiro atoms. The van der Waals surface area contributed by atoms with Crippen molar-refractivity contribution in [3.63, 3.8) is 0 Å². The zero-order chi connectivity index (χ0) is 15.9. The summed E-state index contributed by atoms with van der Waals surface area (Å²) in [6, 6.07) is 0.364. The van der Waals surface area contributed by atoms with Crippen LogP contribution in [-0.2, 0) is 14.3 Å². The minimum atomic E-state index is -0.179. The minimum absolute atomic E-state index is 0.173. The zero-order valence-electron chi connectivity index (χ0n) is 14.1. The standard InChI is InChI=1S/C17H32N2O3/c1-13-5-7-14(8-6-13)19(12-15-4-3-9-22-15)17(20)10-16(11-18)21-2/h13-16H,3-12,18H2,1-2H3. The Bertz CT molecular complexity index is 333. The Morgan fingerprint density at radius 1 is 1.32 bits per heavy atom. The highest BCUT2D eigenvalue weighted by Crippen LogP contribution is 2.29. The van der Waals surface area contributed by atoms with Crippen molar-refractivity contribution < 1.29 is 14.3 Å². The number of nitrogens with two attached hydrogens (primary N) is 1. The fraction of sp³-hybridized carbons (Fsp3) is 0.941. The average molecular weight is 312 g/mol. The van der Waals surface area contributed by atoms with E-state index in [1.54, 1.807) is 7.11 Å². The largest absolute Gasteiger partial charge is 0.380 e. The molecule has 1 heterocycles. The predicted octanol–water partition coefficient (Wildman–Crippen LogP) is 1.94. The highest BCUT2D eigenvalue weighted by atomic mass is 16.5. The second-order valence-electron chi connectivity index (χ2n) is 6.89. The van der Waals surface area contributed by atoms with E-state index in [1.165, 1.54) is 12.8 Å². The van der Waals surface area contributed by atoms with Gasteiger partial charge in [-0.25, -0.2) is 0 Å². The maximum Gasteiger partial charge on any atom is 0.225 e. The summed E-state index contributed by atoms with van der Waals surface area (Å²) in [5.74, 6) is 0.957. The highest BCUT2D eigenvalue weighted by Gasteiger charge is 2.31. The maximum atomic E-state index is 12.8. The van der Waals surface area contributed by atoms with E-state index in [2.05, 4.69) is 11.8 Å². The fourth-order valence-corrected chi connectivity index (χ4v) is 3.59. The van der Waals surface area contributed by atoms with Crippen molar-refractivity contribution in [1.29, 1.82) is 0 Å². The number of hydrogen-bond donors (Lipinski definition) is 1. The summed E-state index contributed by atoms with van der Waals surface area (Å²) in [6.07, 6.45) is 7.24. The van der Waals surface area contributed by atoms with E-state index in [-0.39, 0.29) is 18.1 Å². The van der Waals surface area contributed by atoms with Crippen LogP contribution in [0.1, 0.15) is 51.9 Å². The van der Waals surface area contributed by atoms with Crippen LogP contribution in [0.4, 0.5) is 0 Å². The van der Waals surface area contributed by atoms with E-state index >= 15 is 0 Å². The van der Waals surface area contributed by atoms with E-state index in [0.29, 0.717) is 19.0 Å². The van der Waals surface area contributed by atoms with Crippen molar-refractivity contribution in [1.82, 2.24) is 4.90 Å². The van der Waals surface area contributed by atoms with E-state index in [1.807, 2.05) is 0 Å². The van der Waals surface area contributed by atoms with E-state index in [4.69, 9.17) is 15.2 Å². The predicted molar refractivity (Wildman–Crippen MR) is 86.6 cm³/mol. The topological polar surface area (TPSA) is 64.8 Å². The van der Waals surface area contributed by atoms with Gasteiger partial charge in [0.25, 0.3) is 0 Å². The molecule has 0 aromatic heterocycles. The number of amides is 1. The summed E-state index contributed by atoms with van der Waals surface area (Å²) >= 11 is 0. The first-order valence-corrected chi connectivity index (χ1v) is 8.78. The second-order valence-corrected chi connectivity index (χ2v) is 6.89. The smallest absolute Gasteiger partial charge is 0.225 e. The number of ether oxygens (including phenoxy) is 2. The van der Waals surface area contributed by atoms with Gasteiger partial charge < -0.3 is 20.1 Å². The van der Waals surface area contributed by atoms with Crippen LogP contribution in [0.25, 0.3) is 0 Å². The number of carbonyl (C=O) groups is 1. The van der Waals surface area contributed by atoms with Crippen molar-refractivity contribution in [3.8, 4) is 0 Å². The van der Waals surface area contributed by atoms with E-state index < -0.39 is 0 Å². The van der Waals surface area contributed by atoms with Gasteiger partial charge in [0.05, 0.1) is 18.6 Å². The molecule has 2 aliphatic rings. The van der Waals surface area contributed by atoms with Crippen molar-refractivity contribution in [3.05, 3.63) is 0 Å². The van der Waals surface area contributed by atoms with Crippen LogP contribution in [0.15, 0.2) is 0 Å². The van der Waals surface area contributed by atoms with Gasteiger partial charge in [0.2, 0.25) is 5.91 Å². The first-order valence-electron chi connectivity index (χ1n) is 8.78. The molecule has 1 aliphatic carbocycles. The molecular weight excluding hydrogens is 280 g/mol. The van der Waals surface area contributed by atoms with Crippen LogP contribution in [0, 0.1) is 5.92 Å². The lowest BCUT2D eigenvalue weighted by Crippen LogP contribution is -2.47. The highest BCUT2D eigenvalue weighted by molar-refractivity contribution is 5.77. The van der Waals surface area contributed by atoms with Crippen molar-refractivity contribution in [2.75, 3.05) is 26.8 Å². The maximum absolute atomic E-state index is 12.8. The van der Waals surface area contributed by atoms with Crippen molar-refractivity contribution >= 4 is 5.91 Å². The summed E-state index contributed by atoms with van der Waals surface area (Å²) in [7, 11) is 1.62. The second kappa shape index (κ2) is 8.85. The van der Waals surface area contributed by atoms with Gasteiger partial charge in [-0.05, 0) is 44.4 Å². The molecule has 1 saturated carbocycles. The number of hydrogen-bond acceptors (Lipinski definition) is 4. The third-order valence-electron chi connectivity index (χ3n) is 5.17. The lowest BCUT2D eigenvalue weighted by atomic mass is 9.86. The van der Waals surface area contributed by atoms with Crippen LogP contribution in [0.2, 0.25) is 0 Å². The van der Waals surface area contributed by atoms with E-state index in [9.17, 15) is 4.79 Å². The van der Waals surface area contributed by atoms with Crippen molar-refractivity contribution in [2.45, 2.75) is 70.1 Å². The Kier molecular flexibility index (Phi) is 7.12. The molecule has 2 N–H and O–H groups in total. The number of nitrogens with zero attached hydrogens (tertiary/aromatic N) is 1. The third-order valence-corrected chi connectivity index (χ3v) is 5.17. The molecule has 2 unspecified atom stereocenters. The monoisotopic (exact) mass is 312 g/mol. The molecule has 5 heteroatoms. The Labute approximate surface area is 134 Å². The Morgan fingerprint density at radius 3 is 2.59 bits per heavy atom. The number of carbonyl (C=O) groups excluding carboxylic acids is 1. The summed E-state index contributed by atoms with van der Waals surface area (Å²) in [6.45, 7) is 4.26. The van der Waals surface area contributed by atoms with Crippen LogP contribution >= 0.6 is 0 Å². The fourth-order valence-electron chi connectivity index (χ4n) is 3.59. The first-order chi connectivity index (χ1) is 10.6. The summed E-state index contributed by atoms with van der Waals surface area (Å²) in [5.41, 5.74) is 5.67. The third kappa shape index (κ3) is 4.93. The molecule has 1 saturated heterocycles. The molecule has 0 aromatic rings. The van der Waals surface area contributed by atoms with Crippen LogP contribution in [0.3, 0.4) is 0 Å². The Balaban J connectivity index is 1.97. The van der Waals surface area contributed by atoms with Gasteiger partial charge in [0.1, 0.15) is 0 Å². The molecule has 22 heavy (non-hydrogen) atoms. The molecule has 1 amide bonds. The first kappa shape index (κ1) is 17.7. The molecular formula is C17H32N2O3. The average Bonchev–Trinajstić information content (AvgIpc) is 3.04. The number of methoxy groups -OCH3 is 1. The minimum Gasteiger partial charge on any atom is -0.380 e. The van der Waals surface area contributed by atoms with Gasteiger partial charge in [-0.15, -0.1) is 0 Å². The van der Waals surface area contributed by atoms with Gasteiger partial charge in [0, 0.05) is 32.8 Å². The van der Waals surface area contributed by atoms with Gasteiger partial charge in [-0.1, -0.05) is 6.92 Å². The molecule has 128 valence electrons. The summed E-state index contributed by atoms with van der Waals surface area (Å²) < 4.78 is 11.0. The quantitative estimate of drug-likeness (QED) is 0.780.